The molecule has 1 aromatic rings. The highest BCUT2D eigenvalue weighted by Gasteiger charge is 2.45. The Hall–Kier alpha value is -2.14. The van der Waals surface area contributed by atoms with Crippen LogP contribution in [-0.2, 0) is 27.9 Å². The first-order valence-corrected chi connectivity index (χ1v) is 10.5. The number of nitrogens with zero attached hydrogens (tertiary/aromatic N) is 4. The van der Waals surface area contributed by atoms with Gasteiger partial charge in [-0.3, -0.25) is 14.4 Å². The van der Waals surface area contributed by atoms with Gasteiger partial charge in [0.2, 0.25) is 0 Å². The molecular weight excluding hydrogens is 417 g/mol. The zero-order valence-corrected chi connectivity index (χ0v) is 17.6. The van der Waals surface area contributed by atoms with Crippen molar-refractivity contribution in [2.45, 2.75) is 63.0 Å². The molecule has 1 atom stereocenters. The summed E-state index contributed by atoms with van der Waals surface area (Å²) in [6.45, 7) is 4.88. The molecule has 0 bridgehead atoms. The van der Waals surface area contributed by atoms with Gasteiger partial charge in [-0.25, -0.2) is 4.79 Å². The number of piperidine rings is 1. The van der Waals surface area contributed by atoms with Crippen LogP contribution in [0.3, 0.4) is 0 Å². The maximum Gasteiger partial charge on any atom is 0.490 e. The van der Waals surface area contributed by atoms with Crippen LogP contribution < -0.4 is 0 Å². The van der Waals surface area contributed by atoms with Crippen LogP contribution in [0.5, 0.6) is 0 Å². The van der Waals surface area contributed by atoms with E-state index >= 15 is 0 Å². The highest BCUT2D eigenvalue weighted by Crippen LogP contribution is 2.39. The number of hydrogen-bond acceptors (Lipinski definition) is 5. The second kappa shape index (κ2) is 9.56. The summed E-state index contributed by atoms with van der Waals surface area (Å²) in [7, 11) is 1.96. The second-order valence-electron chi connectivity index (χ2n) is 8.46. The fourth-order valence-corrected chi connectivity index (χ4v) is 4.43. The minimum atomic E-state index is -5.08. The van der Waals surface area contributed by atoms with Gasteiger partial charge in [0.1, 0.15) is 6.10 Å². The lowest BCUT2D eigenvalue weighted by molar-refractivity contribution is -0.192. The number of carbonyl (C=O) groups is 2. The smallest absolute Gasteiger partial charge is 0.475 e. The van der Waals surface area contributed by atoms with Crippen LogP contribution in [0, 0.1) is 0 Å². The second-order valence-corrected chi connectivity index (χ2v) is 8.46. The van der Waals surface area contributed by atoms with Crippen LogP contribution in [-0.4, -0.2) is 80.6 Å². The number of ether oxygens (including phenoxy) is 1. The summed E-state index contributed by atoms with van der Waals surface area (Å²) < 4.78 is 39.9. The predicted molar refractivity (Wildman–Crippen MR) is 104 cm³/mol. The molecule has 1 aromatic heterocycles. The van der Waals surface area contributed by atoms with Gasteiger partial charge < -0.3 is 14.7 Å². The van der Waals surface area contributed by atoms with Gasteiger partial charge in [-0.05, 0) is 38.5 Å². The lowest BCUT2D eigenvalue weighted by Crippen LogP contribution is -2.45. The van der Waals surface area contributed by atoms with Crippen LogP contribution in [0.4, 0.5) is 13.2 Å². The number of carbonyl (C=O) groups excluding carboxylic acids is 1. The van der Waals surface area contributed by atoms with Gasteiger partial charge >= 0.3 is 12.1 Å². The Morgan fingerprint density at radius 1 is 1.19 bits per heavy atom. The molecule has 3 aliphatic rings. The van der Waals surface area contributed by atoms with E-state index in [4.69, 9.17) is 14.6 Å². The van der Waals surface area contributed by atoms with Gasteiger partial charge in [-0.2, -0.15) is 18.3 Å². The van der Waals surface area contributed by atoms with E-state index < -0.39 is 12.1 Å². The SMILES string of the molecule is Cn1cc(CN2CCC3(CCC(C(=O)N4CCCC4)O3)CC2)cn1.O=C(O)C(F)(F)F. The van der Waals surface area contributed by atoms with Crippen molar-refractivity contribution in [3.63, 3.8) is 0 Å². The lowest BCUT2D eigenvalue weighted by atomic mass is 9.88. The molecule has 11 heteroatoms. The molecule has 0 radical (unpaired) electrons. The minimum absolute atomic E-state index is 0.0501. The number of aliphatic carboxylic acids is 1. The van der Waals surface area contributed by atoms with E-state index in [9.17, 15) is 18.0 Å². The Bertz CT molecular complexity index is 769. The number of carboxylic acids is 1. The van der Waals surface area contributed by atoms with E-state index in [1.54, 1.807) is 0 Å². The number of aryl methyl sites for hydroxylation is 1. The Balaban J connectivity index is 0.000000339. The van der Waals surface area contributed by atoms with Crippen molar-refractivity contribution < 1.29 is 32.6 Å². The summed E-state index contributed by atoms with van der Waals surface area (Å²) in [6.07, 6.45) is 5.07. The quantitative estimate of drug-likeness (QED) is 0.766. The minimum Gasteiger partial charge on any atom is -0.475 e. The van der Waals surface area contributed by atoms with E-state index in [0.717, 1.165) is 71.2 Å². The predicted octanol–water partition coefficient (Wildman–Crippen LogP) is 2.19. The first kappa shape index (κ1) is 23.5. The molecule has 3 fully saturated rings. The standard InChI is InChI=1S/C18H28N4O2.C2HF3O2/c1-20-13-15(12-19-20)14-21-10-6-18(7-11-21)5-4-16(24-18)17(23)22-8-2-3-9-22;3-2(4,5)1(6)7/h12-13,16H,2-11,14H2,1H3;(H,6,7). The van der Waals surface area contributed by atoms with Crippen molar-refractivity contribution in [2.24, 2.45) is 7.05 Å². The number of alkyl halides is 3. The Morgan fingerprint density at radius 2 is 1.81 bits per heavy atom. The monoisotopic (exact) mass is 446 g/mol. The maximum atomic E-state index is 12.6. The number of likely N-dealkylation sites (tertiary alicyclic amines) is 2. The third-order valence-corrected chi connectivity index (χ3v) is 6.12. The van der Waals surface area contributed by atoms with Crippen LogP contribution in [0.15, 0.2) is 12.4 Å². The molecule has 1 amide bonds. The van der Waals surface area contributed by atoms with Crippen LogP contribution >= 0.6 is 0 Å². The van der Waals surface area contributed by atoms with Gasteiger partial charge in [-0.1, -0.05) is 0 Å². The fourth-order valence-electron chi connectivity index (χ4n) is 4.43. The van der Waals surface area contributed by atoms with E-state index in [1.165, 1.54) is 5.56 Å². The highest BCUT2D eigenvalue weighted by atomic mass is 19.4. The molecule has 31 heavy (non-hydrogen) atoms. The molecule has 3 aliphatic heterocycles. The lowest BCUT2D eigenvalue weighted by Gasteiger charge is -2.39. The zero-order valence-electron chi connectivity index (χ0n) is 17.6. The zero-order chi connectivity index (χ0) is 22.6. The van der Waals surface area contributed by atoms with Gasteiger partial charge in [-0.15, -0.1) is 0 Å². The van der Waals surface area contributed by atoms with Crippen molar-refractivity contribution >= 4 is 11.9 Å². The van der Waals surface area contributed by atoms with Gasteiger partial charge in [0.25, 0.3) is 5.91 Å². The highest BCUT2D eigenvalue weighted by molar-refractivity contribution is 5.81. The maximum absolute atomic E-state index is 12.6. The van der Waals surface area contributed by atoms with E-state index in [2.05, 4.69) is 16.2 Å². The van der Waals surface area contributed by atoms with Crippen LogP contribution in [0.1, 0.15) is 44.1 Å². The number of halogens is 3. The Morgan fingerprint density at radius 3 is 2.32 bits per heavy atom. The molecule has 8 nitrogen and oxygen atoms in total. The molecule has 3 saturated heterocycles. The van der Waals surface area contributed by atoms with Crippen molar-refractivity contribution in [3.8, 4) is 0 Å². The van der Waals surface area contributed by atoms with Crippen molar-refractivity contribution in [3.05, 3.63) is 18.0 Å². The summed E-state index contributed by atoms with van der Waals surface area (Å²) in [6, 6.07) is 0. The average Bonchev–Trinajstić information content (AvgIpc) is 3.45. The molecule has 0 aliphatic carbocycles. The largest absolute Gasteiger partial charge is 0.490 e. The third-order valence-electron chi connectivity index (χ3n) is 6.12. The molecule has 4 heterocycles. The first-order valence-electron chi connectivity index (χ1n) is 10.5. The number of amides is 1. The molecule has 0 saturated carbocycles. The van der Waals surface area contributed by atoms with Crippen molar-refractivity contribution in [1.82, 2.24) is 19.6 Å². The molecule has 1 N–H and O–H groups in total. The Labute approximate surface area is 178 Å². The van der Waals surface area contributed by atoms with Crippen LogP contribution in [0.25, 0.3) is 0 Å². The topological polar surface area (TPSA) is 87.9 Å². The summed E-state index contributed by atoms with van der Waals surface area (Å²) in [5.74, 6) is -2.52. The average molecular weight is 446 g/mol. The first-order chi connectivity index (χ1) is 14.6. The fraction of sp³-hybridized carbons (Fsp3) is 0.750. The van der Waals surface area contributed by atoms with Gasteiger partial charge in [0.15, 0.2) is 0 Å². The molecule has 174 valence electrons. The molecule has 1 unspecified atom stereocenters. The number of aromatic nitrogens is 2. The summed E-state index contributed by atoms with van der Waals surface area (Å²) in [5, 5.41) is 11.4. The number of hydrogen-bond donors (Lipinski definition) is 1. The summed E-state index contributed by atoms with van der Waals surface area (Å²) in [5.41, 5.74) is 1.22. The summed E-state index contributed by atoms with van der Waals surface area (Å²) in [4.78, 5) is 25.9. The molecule has 4 rings (SSSR count). The molecule has 0 aromatic carbocycles. The normalized spacial score (nSPS) is 23.6. The summed E-state index contributed by atoms with van der Waals surface area (Å²) >= 11 is 0. The number of rotatable bonds is 3. The molecule has 1 spiro atoms. The van der Waals surface area contributed by atoms with Gasteiger partial charge in [0.05, 0.1) is 11.8 Å². The van der Waals surface area contributed by atoms with Crippen molar-refractivity contribution in [2.75, 3.05) is 26.2 Å². The Kier molecular flexibility index (Phi) is 7.25. The van der Waals surface area contributed by atoms with E-state index in [0.29, 0.717) is 0 Å². The molecular formula is C20H29F3N4O4. The van der Waals surface area contributed by atoms with Crippen molar-refractivity contribution in [1.29, 1.82) is 0 Å². The number of carboxylic acid groups (broad SMARTS) is 1. The van der Waals surface area contributed by atoms with Gasteiger partial charge in [0, 0.05) is 51.5 Å². The van der Waals surface area contributed by atoms with Crippen LogP contribution in [0.2, 0.25) is 0 Å². The van der Waals surface area contributed by atoms with E-state index in [1.807, 2.05) is 22.8 Å². The third kappa shape index (κ3) is 6.19. The van der Waals surface area contributed by atoms with E-state index in [-0.39, 0.29) is 17.6 Å².